The van der Waals surface area contributed by atoms with Gasteiger partial charge in [0.2, 0.25) is 11.7 Å². The Hall–Kier alpha value is -3.13. The molecule has 0 bridgehead atoms. The Kier molecular flexibility index (Phi) is 11.1. The highest BCUT2D eigenvalue weighted by atomic mass is 127. The topological polar surface area (TPSA) is 93.2 Å². The minimum absolute atomic E-state index is 0. The van der Waals surface area contributed by atoms with Crippen molar-refractivity contribution in [3.05, 3.63) is 47.5 Å². The van der Waals surface area contributed by atoms with Crippen LogP contribution in [0.2, 0.25) is 0 Å². The normalized spacial score (nSPS) is 10.2. The number of methoxy groups -OCH3 is 3. The van der Waals surface area contributed by atoms with E-state index in [0.29, 0.717) is 41.0 Å². The molecular weight excluding hydrogens is 511 g/mol. The number of guanidine groups is 1. The first-order valence-corrected chi connectivity index (χ1v) is 9.14. The molecule has 0 aliphatic carbocycles. The fourth-order valence-corrected chi connectivity index (χ4v) is 2.70. The Labute approximate surface area is 199 Å². The summed E-state index contributed by atoms with van der Waals surface area (Å²) in [5.41, 5.74) is 2.23. The third-order valence-electron chi connectivity index (χ3n) is 4.14. The zero-order valence-corrected chi connectivity index (χ0v) is 20.3. The molecule has 2 rings (SSSR count). The highest BCUT2D eigenvalue weighted by molar-refractivity contribution is 14.0. The molecule has 0 spiro atoms. The van der Waals surface area contributed by atoms with Crippen molar-refractivity contribution in [1.82, 2.24) is 10.6 Å². The number of terminal acetylenes is 1. The maximum absolute atomic E-state index is 12.2. The van der Waals surface area contributed by atoms with Crippen LogP contribution in [0.4, 0.5) is 5.69 Å². The Morgan fingerprint density at radius 2 is 1.74 bits per heavy atom. The molecule has 166 valence electrons. The van der Waals surface area contributed by atoms with E-state index in [-0.39, 0.29) is 36.4 Å². The number of aliphatic imine (C=N–C) groups is 1. The van der Waals surface area contributed by atoms with Gasteiger partial charge >= 0.3 is 0 Å². The number of ether oxygens (including phenoxy) is 3. The summed E-state index contributed by atoms with van der Waals surface area (Å²) >= 11 is 0. The van der Waals surface area contributed by atoms with Crippen molar-refractivity contribution in [3.63, 3.8) is 0 Å². The summed E-state index contributed by atoms with van der Waals surface area (Å²) in [7, 11) is 6.30. The fraction of sp³-hybridized carbons (Fsp3) is 0.273. The second-order valence-corrected chi connectivity index (χ2v) is 6.09. The SMILES string of the molecule is C#Cc1cccc(NC(=O)CNC(=NC)NCc2cc(OC)c(OC)c(OC)c2)c1.I. The fourth-order valence-electron chi connectivity index (χ4n) is 2.70. The Morgan fingerprint density at radius 1 is 1.06 bits per heavy atom. The smallest absolute Gasteiger partial charge is 0.243 e. The maximum atomic E-state index is 12.2. The quantitative estimate of drug-likeness (QED) is 0.207. The van der Waals surface area contributed by atoms with Crippen LogP contribution in [0.5, 0.6) is 17.2 Å². The lowest BCUT2D eigenvalue weighted by Crippen LogP contribution is -2.41. The van der Waals surface area contributed by atoms with Crippen molar-refractivity contribution in [2.75, 3.05) is 40.2 Å². The number of hydrogen-bond acceptors (Lipinski definition) is 5. The van der Waals surface area contributed by atoms with Gasteiger partial charge in [-0.2, -0.15) is 0 Å². The first-order valence-electron chi connectivity index (χ1n) is 9.14. The molecule has 1 amide bonds. The molecule has 0 aliphatic rings. The van der Waals surface area contributed by atoms with Gasteiger partial charge in [-0.1, -0.05) is 12.0 Å². The van der Waals surface area contributed by atoms with Crippen LogP contribution in [0.15, 0.2) is 41.4 Å². The lowest BCUT2D eigenvalue weighted by molar-refractivity contribution is -0.115. The molecule has 8 nitrogen and oxygen atoms in total. The highest BCUT2D eigenvalue weighted by Gasteiger charge is 2.13. The van der Waals surface area contributed by atoms with Crippen molar-refractivity contribution < 1.29 is 19.0 Å². The predicted molar refractivity (Wildman–Crippen MR) is 133 cm³/mol. The van der Waals surface area contributed by atoms with E-state index in [9.17, 15) is 4.79 Å². The predicted octanol–water partition coefficient (Wildman–Crippen LogP) is 2.62. The van der Waals surface area contributed by atoms with E-state index >= 15 is 0 Å². The van der Waals surface area contributed by atoms with Crippen molar-refractivity contribution in [1.29, 1.82) is 0 Å². The van der Waals surface area contributed by atoms with Crippen LogP contribution in [0, 0.1) is 12.3 Å². The number of amides is 1. The molecule has 9 heteroatoms. The maximum Gasteiger partial charge on any atom is 0.243 e. The van der Waals surface area contributed by atoms with E-state index < -0.39 is 0 Å². The van der Waals surface area contributed by atoms with Gasteiger partial charge < -0.3 is 30.2 Å². The van der Waals surface area contributed by atoms with Gasteiger partial charge in [-0.05, 0) is 35.9 Å². The molecule has 0 atom stereocenters. The minimum atomic E-state index is -0.222. The van der Waals surface area contributed by atoms with Gasteiger partial charge in [0.1, 0.15) is 0 Å². The molecule has 0 heterocycles. The van der Waals surface area contributed by atoms with Crippen LogP contribution in [0.1, 0.15) is 11.1 Å². The molecule has 0 fully saturated rings. The number of halogens is 1. The van der Waals surface area contributed by atoms with Gasteiger partial charge in [0.25, 0.3) is 0 Å². The molecule has 0 aromatic heterocycles. The Morgan fingerprint density at radius 3 is 2.29 bits per heavy atom. The van der Waals surface area contributed by atoms with Gasteiger partial charge in [-0.25, -0.2) is 0 Å². The van der Waals surface area contributed by atoms with E-state index in [1.165, 1.54) is 0 Å². The lowest BCUT2D eigenvalue weighted by Gasteiger charge is -2.16. The summed E-state index contributed by atoms with van der Waals surface area (Å²) in [4.78, 5) is 16.3. The van der Waals surface area contributed by atoms with Crippen LogP contribution in [0.3, 0.4) is 0 Å². The summed E-state index contributed by atoms with van der Waals surface area (Å²) in [6, 6.07) is 10.8. The standard InChI is InChI=1S/C22H26N4O4.HI/c1-6-15-8-7-9-17(10-15)26-20(27)14-25-22(23-2)24-13-16-11-18(28-3)21(30-5)19(12-16)29-4;/h1,7-12H,13-14H2,2-5H3,(H,26,27)(H2,23,24,25);1H. The third-order valence-corrected chi connectivity index (χ3v) is 4.14. The van der Waals surface area contributed by atoms with Crippen LogP contribution >= 0.6 is 24.0 Å². The minimum Gasteiger partial charge on any atom is -0.493 e. The summed E-state index contributed by atoms with van der Waals surface area (Å²) in [6.45, 7) is 0.470. The van der Waals surface area contributed by atoms with Gasteiger partial charge in [0.05, 0.1) is 27.9 Å². The van der Waals surface area contributed by atoms with Crippen LogP contribution in [-0.4, -0.2) is 46.8 Å². The summed E-state index contributed by atoms with van der Waals surface area (Å²) in [5.74, 6) is 4.43. The van der Waals surface area contributed by atoms with Gasteiger partial charge in [-0.3, -0.25) is 9.79 Å². The van der Waals surface area contributed by atoms with E-state index in [1.807, 2.05) is 12.1 Å². The highest BCUT2D eigenvalue weighted by Crippen LogP contribution is 2.38. The van der Waals surface area contributed by atoms with E-state index in [1.54, 1.807) is 52.6 Å². The van der Waals surface area contributed by atoms with Crippen molar-refractivity contribution in [2.45, 2.75) is 6.54 Å². The van der Waals surface area contributed by atoms with Gasteiger partial charge in [0.15, 0.2) is 17.5 Å². The molecule has 2 aromatic carbocycles. The number of nitrogens with one attached hydrogen (secondary N) is 3. The third kappa shape index (κ3) is 7.57. The molecule has 3 N–H and O–H groups in total. The first-order chi connectivity index (χ1) is 14.5. The van der Waals surface area contributed by atoms with Crippen LogP contribution in [-0.2, 0) is 11.3 Å². The van der Waals surface area contributed by atoms with Gasteiger partial charge in [0, 0.05) is 24.8 Å². The number of carbonyl (C=O) groups excluding carboxylic acids is 1. The molecular formula is C22H27IN4O4. The molecule has 31 heavy (non-hydrogen) atoms. The molecule has 0 aliphatic heterocycles. The zero-order chi connectivity index (χ0) is 21.9. The van der Waals surface area contributed by atoms with Crippen molar-refractivity contribution in [3.8, 4) is 29.6 Å². The lowest BCUT2D eigenvalue weighted by atomic mass is 10.2. The monoisotopic (exact) mass is 538 g/mol. The largest absolute Gasteiger partial charge is 0.493 e. The molecule has 0 saturated heterocycles. The number of rotatable bonds is 8. The average molecular weight is 538 g/mol. The van der Waals surface area contributed by atoms with E-state index in [4.69, 9.17) is 20.6 Å². The van der Waals surface area contributed by atoms with E-state index in [0.717, 1.165) is 5.56 Å². The van der Waals surface area contributed by atoms with Gasteiger partial charge in [-0.15, -0.1) is 30.4 Å². The first kappa shape index (κ1) is 25.9. The van der Waals surface area contributed by atoms with E-state index in [2.05, 4.69) is 26.9 Å². The number of hydrogen-bond donors (Lipinski definition) is 3. The Balaban J connectivity index is 0.00000480. The van der Waals surface area contributed by atoms with Crippen LogP contribution < -0.4 is 30.2 Å². The number of benzene rings is 2. The summed E-state index contributed by atoms with van der Waals surface area (Å²) in [5, 5.41) is 8.90. The molecule has 2 aromatic rings. The molecule has 0 radical (unpaired) electrons. The number of anilines is 1. The number of nitrogens with zero attached hydrogens (tertiary/aromatic N) is 1. The molecule has 0 unspecified atom stereocenters. The second-order valence-electron chi connectivity index (χ2n) is 6.09. The second kappa shape index (κ2) is 13.2. The average Bonchev–Trinajstić information content (AvgIpc) is 2.78. The van der Waals surface area contributed by atoms with Crippen molar-refractivity contribution in [2.24, 2.45) is 4.99 Å². The van der Waals surface area contributed by atoms with Crippen molar-refractivity contribution >= 4 is 41.5 Å². The number of carbonyl (C=O) groups is 1. The van der Waals surface area contributed by atoms with Crippen LogP contribution in [0.25, 0.3) is 0 Å². The zero-order valence-electron chi connectivity index (χ0n) is 17.9. The summed E-state index contributed by atoms with van der Waals surface area (Å²) < 4.78 is 16.0. The summed E-state index contributed by atoms with van der Waals surface area (Å²) in [6.07, 6.45) is 5.38. The Bertz CT molecular complexity index is 932. The molecule has 0 saturated carbocycles.